The number of carbonyl (C=O) groups excluding carboxylic acids is 1. The van der Waals surface area contributed by atoms with E-state index < -0.39 is 0 Å². The van der Waals surface area contributed by atoms with Gasteiger partial charge in [0.1, 0.15) is 17.2 Å². The third kappa shape index (κ3) is 3.37. The molecule has 0 bridgehead atoms. The molecule has 0 atom stereocenters. The Morgan fingerprint density at radius 1 is 1.19 bits per heavy atom. The number of aromatic nitrogens is 4. The highest BCUT2D eigenvalue weighted by atomic mass is 35.5. The summed E-state index contributed by atoms with van der Waals surface area (Å²) < 4.78 is 13.1. The Labute approximate surface area is 158 Å². The number of carbonyl (C=O) groups is 1. The van der Waals surface area contributed by atoms with Crippen molar-refractivity contribution < 1.29 is 9.18 Å². The molecule has 0 radical (unpaired) electrons. The van der Waals surface area contributed by atoms with E-state index in [1.807, 2.05) is 6.92 Å². The molecule has 0 saturated carbocycles. The summed E-state index contributed by atoms with van der Waals surface area (Å²) in [6, 6.07) is 9.20. The number of rotatable bonds is 3. The first-order valence-corrected chi connectivity index (χ1v) is 8.43. The van der Waals surface area contributed by atoms with Crippen molar-refractivity contribution in [3.8, 4) is 11.4 Å². The van der Waals surface area contributed by atoms with Crippen LogP contribution in [0.2, 0.25) is 5.15 Å². The van der Waals surface area contributed by atoms with Crippen molar-refractivity contribution in [2.75, 3.05) is 5.32 Å². The normalized spacial score (nSPS) is 10.9. The SMILES string of the molecule is Cc1cnc(Cl)c(NC(=O)c2ccnc3[nH]c(-c4ccc(F)cc4)nc23)c1. The molecule has 1 amide bonds. The van der Waals surface area contributed by atoms with Gasteiger partial charge in [-0.3, -0.25) is 4.79 Å². The van der Waals surface area contributed by atoms with E-state index in [-0.39, 0.29) is 16.9 Å². The number of pyridine rings is 2. The molecule has 3 heterocycles. The third-order valence-electron chi connectivity index (χ3n) is 3.97. The van der Waals surface area contributed by atoms with Gasteiger partial charge in [0.2, 0.25) is 0 Å². The summed E-state index contributed by atoms with van der Waals surface area (Å²) in [6.07, 6.45) is 3.13. The van der Waals surface area contributed by atoms with E-state index in [2.05, 4.69) is 25.3 Å². The van der Waals surface area contributed by atoms with Crippen LogP contribution in [0.3, 0.4) is 0 Å². The van der Waals surface area contributed by atoms with Gasteiger partial charge >= 0.3 is 0 Å². The minimum Gasteiger partial charge on any atom is -0.323 e. The smallest absolute Gasteiger partial charge is 0.258 e. The van der Waals surface area contributed by atoms with E-state index in [0.717, 1.165) is 5.56 Å². The number of amides is 1. The molecule has 6 nitrogen and oxygen atoms in total. The number of anilines is 1. The lowest BCUT2D eigenvalue weighted by molar-refractivity contribution is 0.102. The quantitative estimate of drug-likeness (QED) is 0.516. The fraction of sp³-hybridized carbons (Fsp3) is 0.0526. The van der Waals surface area contributed by atoms with Crippen LogP contribution in [0.25, 0.3) is 22.6 Å². The van der Waals surface area contributed by atoms with Gasteiger partial charge in [-0.2, -0.15) is 0 Å². The molecule has 8 heteroatoms. The van der Waals surface area contributed by atoms with E-state index in [0.29, 0.717) is 33.8 Å². The molecule has 1 aromatic carbocycles. The second-order valence-corrected chi connectivity index (χ2v) is 6.31. The van der Waals surface area contributed by atoms with Crippen LogP contribution in [0.4, 0.5) is 10.1 Å². The monoisotopic (exact) mass is 381 g/mol. The second-order valence-electron chi connectivity index (χ2n) is 5.95. The second kappa shape index (κ2) is 6.77. The highest BCUT2D eigenvalue weighted by Crippen LogP contribution is 2.24. The molecule has 0 fully saturated rings. The van der Waals surface area contributed by atoms with E-state index >= 15 is 0 Å². The highest BCUT2D eigenvalue weighted by molar-refractivity contribution is 6.32. The lowest BCUT2D eigenvalue weighted by Crippen LogP contribution is -2.13. The zero-order valence-electron chi connectivity index (χ0n) is 14.1. The summed E-state index contributed by atoms with van der Waals surface area (Å²) in [5.41, 5.74) is 3.17. The number of nitrogens with zero attached hydrogens (tertiary/aromatic N) is 3. The number of hydrogen-bond donors (Lipinski definition) is 2. The summed E-state index contributed by atoms with van der Waals surface area (Å²) in [5.74, 6) is -0.224. The molecule has 4 rings (SSSR count). The molecule has 4 aromatic rings. The predicted octanol–water partition coefficient (Wildman–Crippen LogP) is 4.37. The fourth-order valence-corrected chi connectivity index (χ4v) is 2.82. The number of imidazole rings is 1. The van der Waals surface area contributed by atoms with Crippen molar-refractivity contribution in [1.29, 1.82) is 0 Å². The van der Waals surface area contributed by atoms with Gasteiger partial charge < -0.3 is 10.3 Å². The van der Waals surface area contributed by atoms with Crippen LogP contribution in [-0.2, 0) is 0 Å². The molecule has 2 N–H and O–H groups in total. The number of hydrogen-bond acceptors (Lipinski definition) is 4. The molecule has 0 spiro atoms. The number of halogens is 2. The molecule has 0 unspecified atom stereocenters. The molecule has 134 valence electrons. The van der Waals surface area contributed by atoms with Gasteiger partial charge in [-0.1, -0.05) is 11.6 Å². The Morgan fingerprint density at radius 2 is 1.96 bits per heavy atom. The van der Waals surface area contributed by atoms with Crippen LogP contribution in [0, 0.1) is 12.7 Å². The van der Waals surface area contributed by atoms with Crippen molar-refractivity contribution in [3.05, 3.63) is 70.9 Å². The van der Waals surface area contributed by atoms with Crippen molar-refractivity contribution >= 4 is 34.4 Å². The zero-order valence-corrected chi connectivity index (χ0v) is 14.9. The summed E-state index contributed by atoms with van der Waals surface area (Å²) in [5, 5.41) is 2.95. The first-order valence-electron chi connectivity index (χ1n) is 8.05. The molecule has 0 aliphatic rings. The van der Waals surface area contributed by atoms with Gasteiger partial charge in [0, 0.05) is 18.0 Å². The Morgan fingerprint density at radius 3 is 2.74 bits per heavy atom. The molecule has 0 aliphatic carbocycles. The molecular weight excluding hydrogens is 369 g/mol. The van der Waals surface area contributed by atoms with Crippen LogP contribution in [0.15, 0.2) is 48.8 Å². The van der Waals surface area contributed by atoms with E-state index in [1.54, 1.807) is 30.5 Å². The fourth-order valence-electron chi connectivity index (χ4n) is 2.67. The molecule has 3 aromatic heterocycles. The van der Waals surface area contributed by atoms with Gasteiger partial charge in [-0.05, 0) is 48.9 Å². The van der Waals surface area contributed by atoms with E-state index in [9.17, 15) is 9.18 Å². The molecule has 27 heavy (non-hydrogen) atoms. The lowest BCUT2D eigenvalue weighted by Gasteiger charge is -2.07. The van der Waals surface area contributed by atoms with E-state index in [4.69, 9.17) is 11.6 Å². The van der Waals surface area contributed by atoms with Crippen molar-refractivity contribution in [3.63, 3.8) is 0 Å². The minimum absolute atomic E-state index is 0.202. The van der Waals surface area contributed by atoms with Gasteiger partial charge in [0.15, 0.2) is 10.8 Å². The largest absolute Gasteiger partial charge is 0.323 e. The highest BCUT2D eigenvalue weighted by Gasteiger charge is 2.17. The zero-order chi connectivity index (χ0) is 19.0. The van der Waals surface area contributed by atoms with Crippen LogP contribution >= 0.6 is 11.6 Å². The maximum atomic E-state index is 13.1. The maximum absolute atomic E-state index is 13.1. The standard InChI is InChI=1S/C19H13ClFN5O/c1-10-8-14(16(20)23-9-10)24-19(27)13-6-7-22-18-15(13)25-17(26-18)11-2-4-12(21)5-3-11/h2-9H,1H3,(H,24,27)(H,22,25,26). The molecule has 0 aliphatic heterocycles. The van der Waals surface area contributed by atoms with Gasteiger partial charge in [-0.25, -0.2) is 19.3 Å². The summed E-state index contributed by atoms with van der Waals surface area (Å²) in [4.78, 5) is 28.5. The van der Waals surface area contributed by atoms with Crippen LogP contribution < -0.4 is 5.32 Å². The number of benzene rings is 1. The Balaban J connectivity index is 1.72. The van der Waals surface area contributed by atoms with Gasteiger partial charge in [-0.15, -0.1) is 0 Å². The van der Waals surface area contributed by atoms with Crippen LogP contribution in [0.1, 0.15) is 15.9 Å². The Hall–Kier alpha value is -3.32. The average Bonchev–Trinajstić information content (AvgIpc) is 3.09. The third-order valence-corrected chi connectivity index (χ3v) is 4.27. The number of aromatic amines is 1. The molecular formula is C19H13ClFN5O. The molecule has 0 saturated heterocycles. The predicted molar refractivity (Wildman–Crippen MR) is 101 cm³/mol. The van der Waals surface area contributed by atoms with Crippen molar-refractivity contribution in [2.24, 2.45) is 0 Å². The summed E-state index contributed by atoms with van der Waals surface area (Å²) in [7, 11) is 0. The minimum atomic E-state index is -0.381. The van der Waals surface area contributed by atoms with Crippen LogP contribution in [0.5, 0.6) is 0 Å². The summed E-state index contributed by atoms with van der Waals surface area (Å²) in [6.45, 7) is 1.85. The van der Waals surface area contributed by atoms with Crippen LogP contribution in [-0.4, -0.2) is 25.8 Å². The number of nitrogens with one attached hydrogen (secondary N) is 2. The average molecular weight is 382 g/mol. The van der Waals surface area contributed by atoms with Crippen molar-refractivity contribution in [1.82, 2.24) is 19.9 Å². The topological polar surface area (TPSA) is 83.6 Å². The van der Waals surface area contributed by atoms with E-state index in [1.165, 1.54) is 18.3 Å². The lowest BCUT2D eigenvalue weighted by atomic mass is 10.2. The Bertz CT molecular complexity index is 1160. The Kier molecular flexibility index (Phi) is 4.29. The van der Waals surface area contributed by atoms with Gasteiger partial charge in [0.25, 0.3) is 5.91 Å². The first-order chi connectivity index (χ1) is 13.0. The maximum Gasteiger partial charge on any atom is 0.258 e. The summed E-state index contributed by atoms with van der Waals surface area (Å²) >= 11 is 6.05. The number of H-pyrrole nitrogens is 1. The van der Waals surface area contributed by atoms with Crippen molar-refractivity contribution in [2.45, 2.75) is 6.92 Å². The number of aryl methyl sites for hydroxylation is 1. The number of fused-ring (bicyclic) bond motifs is 1. The van der Waals surface area contributed by atoms with Gasteiger partial charge in [0.05, 0.1) is 11.3 Å². The first kappa shape index (κ1) is 17.1.